The first kappa shape index (κ1) is 19.8. The first-order valence-electron chi connectivity index (χ1n) is 7.82. The van der Waals surface area contributed by atoms with Gasteiger partial charge in [0.2, 0.25) is 0 Å². The maximum Gasteiger partial charge on any atom is 0.434 e. The number of aromatic nitrogens is 3. The smallest absolute Gasteiger partial charge is 0.329 e. The van der Waals surface area contributed by atoms with E-state index in [1.807, 2.05) is 24.6 Å². The highest BCUT2D eigenvalue weighted by molar-refractivity contribution is 7.12. The normalized spacial score (nSPS) is 13.0. The van der Waals surface area contributed by atoms with Gasteiger partial charge in [-0.05, 0) is 45.1 Å². The molecule has 0 aliphatic rings. The Bertz CT molecular complexity index is 857. The predicted molar refractivity (Wildman–Crippen MR) is 96.7 cm³/mol. The Morgan fingerprint density at radius 2 is 1.96 bits per heavy atom. The quantitative estimate of drug-likeness (QED) is 0.517. The van der Waals surface area contributed by atoms with Crippen molar-refractivity contribution >= 4 is 29.3 Å². The van der Waals surface area contributed by atoms with Crippen LogP contribution in [0.5, 0.6) is 0 Å². The number of hydrogen-bond acceptors (Lipinski definition) is 4. The van der Waals surface area contributed by atoms with E-state index >= 15 is 0 Å². The van der Waals surface area contributed by atoms with Gasteiger partial charge in [-0.25, -0.2) is 9.97 Å². The van der Waals surface area contributed by atoms with Crippen LogP contribution in [0.25, 0.3) is 12.2 Å². The fourth-order valence-electron chi connectivity index (χ4n) is 2.15. The topological polar surface area (TPSA) is 47.8 Å². The SMILES string of the molecule is Cc1nc(C(F)(F)F)c(/C=C/C=C/C(=O)/C=C/c2nccn2C(C)C)s1. The van der Waals surface area contributed by atoms with Crippen LogP contribution in [0, 0.1) is 6.92 Å². The van der Waals surface area contributed by atoms with E-state index in [9.17, 15) is 18.0 Å². The molecule has 0 spiro atoms. The molecule has 0 unspecified atom stereocenters. The minimum Gasteiger partial charge on any atom is -0.329 e. The molecule has 2 aromatic rings. The highest BCUT2D eigenvalue weighted by Crippen LogP contribution is 2.34. The molecule has 8 heteroatoms. The lowest BCUT2D eigenvalue weighted by Gasteiger charge is -2.07. The van der Waals surface area contributed by atoms with E-state index in [0.29, 0.717) is 10.8 Å². The lowest BCUT2D eigenvalue weighted by atomic mass is 10.2. The molecule has 2 aromatic heterocycles. The minimum absolute atomic E-state index is 0.0154. The second-order valence-corrected chi connectivity index (χ2v) is 6.92. The molecule has 138 valence electrons. The summed E-state index contributed by atoms with van der Waals surface area (Å²) in [5.41, 5.74) is -0.906. The average molecular weight is 381 g/mol. The zero-order valence-electron chi connectivity index (χ0n) is 14.5. The summed E-state index contributed by atoms with van der Waals surface area (Å²) in [6, 6.07) is 0.219. The number of rotatable bonds is 6. The van der Waals surface area contributed by atoms with Crippen molar-refractivity contribution in [1.29, 1.82) is 0 Å². The number of alkyl halides is 3. The first-order valence-corrected chi connectivity index (χ1v) is 8.64. The average Bonchev–Trinajstić information content (AvgIpc) is 3.15. The van der Waals surface area contributed by atoms with E-state index in [2.05, 4.69) is 9.97 Å². The molecule has 0 saturated carbocycles. The summed E-state index contributed by atoms with van der Waals surface area (Å²) in [5.74, 6) is 0.372. The Labute approximate surface area is 153 Å². The number of carbonyl (C=O) groups is 1. The van der Waals surface area contributed by atoms with Crippen LogP contribution in [0.3, 0.4) is 0 Å². The highest BCUT2D eigenvalue weighted by Gasteiger charge is 2.36. The number of allylic oxidation sites excluding steroid dienone is 4. The van der Waals surface area contributed by atoms with Crippen molar-refractivity contribution in [3.8, 4) is 0 Å². The highest BCUT2D eigenvalue weighted by atomic mass is 32.1. The monoisotopic (exact) mass is 381 g/mol. The molecular formula is C18H18F3N3OS. The molecule has 0 atom stereocenters. The minimum atomic E-state index is -4.50. The summed E-state index contributed by atoms with van der Waals surface area (Å²) in [5, 5.41) is 0.334. The van der Waals surface area contributed by atoms with E-state index in [1.54, 1.807) is 12.3 Å². The van der Waals surface area contributed by atoms with Crippen molar-refractivity contribution in [3.63, 3.8) is 0 Å². The molecule has 0 aliphatic carbocycles. The largest absolute Gasteiger partial charge is 0.434 e. The zero-order valence-corrected chi connectivity index (χ0v) is 15.3. The maximum atomic E-state index is 12.8. The molecule has 26 heavy (non-hydrogen) atoms. The third-order valence-electron chi connectivity index (χ3n) is 3.30. The Morgan fingerprint density at radius 3 is 2.62 bits per heavy atom. The number of imidazole rings is 1. The maximum absolute atomic E-state index is 12.8. The second-order valence-electron chi connectivity index (χ2n) is 5.68. The third-order valence-corrected chi connectivity index (χ3v) is 4.24. The number of carbonyl (C=O) groups excluding carboxylic acids is 1. The van der Waals surface area contributed by atoms with Crippen LogP contribution in [-0.2, 0) is 11.0 Å². The molecule has 2 rings (SSSR count). The van der Waals surface area contributed by atoms with Gasteiger partial charge >= 0.3 is 6.18 Å². The van der Waals surface area contributed by atoms with Crippen LogP contribution in [0.15, 0.2) is 36.7 Å². The Kier molecular flexibility index (Phi) is 6.31. The molecule has 0 aromatic carbocycles. The lowest BCUT2D eigenvalue weighted by Crippen LogP contribution is -2.07. The van der Waals surface area contributed by atoms with Crippen molar-refractivity contribution < 1.29 is 18.0 Å². The second kappa shape index (κ2) is 8.27. The van der Waals surface area contributed by atoms with E-state index in [0.717, 1.165) is 11.3 Å². The van der Waals surface area contributed by atoms with Gasteiger partial charge in [-0.1, -0.05) is 12.2 Å². The first-order chi connectivity index (χ1) is 12.2. The van der Waals surface area contributed by atoms with E-state index in [-0.39, 0.29) is 16.7 Å². The predicted octanol–water partition coefficient (Wildman–Crippen LogP) is 5.10. The molecule has 0 bridgehead atoms. The summed E-state index contributed by atoms with van der Waals surface area (Å²) in [7, 11) is 0. The molecule has 0 N–H and O–H groups in total. The number of halogens is 3. The third kappa shape index (κ3) is 5.26. The van der Waals surface area contributed by atoms with Crippen LogP contribution in [0.1, 0.15) is 41.3 Å². The van der Waals surface area contributed by atoms with Gasteiger partial charge in [0.25, 0.3) is 0 Å². The molecule has 0 amide bonds. The zero-order chi connectivity index (χ0) is 19.3. The number of hydrogen-bond donors (Lipinski definition) is 0. The summed E-state index contributed by atoms with van der Waals surface area (Å²) in [6.07, 6.45) is 7.31. The van der Waals surface area contributed by atoms with Gasteiger partial charge in [-0.15, -0.1) is 11.3 Å². The number of ketones is 1. The number of aryl methyl sites for hydroxylation is 1. The van der Waals surface area contributed by atoms with Gasteiger partial charge in [0, 0.05) is 18.4 Å². The van der Waals surface area contributed by atoms with Crippen molar-refractivity contribution in [2.24, 2.45) is 0 Å². The van der Waals surface area contributed by atoms with Crippen LogP contribution in [0.4, 0.5) is 13.2 Å². The van der Waals surface area contributed by atoms with Crippen molar-refractivity contribution in [2.45, 2.75) is 33.0 Å². The Balaban J connectivity index is 2.02. The molecular weight excluding hydrogens is 363 g/mol. The van der Waals surface area contributed by atoms with Gasteiger partial charge in [0.05, 0.1) is 9.88 Å². The number of nitrogens with zero attached hydrogens (tertiary/aromatic N) is 3. The Morgan fingerprint density at radius 1 is 1.23 bits per heavy atom. The van der Waals surface area contributed by atoms with Gasteiger partial charge in [-0.2, -0.15) is 13.2 Å². The Hall–Kier alpha value is -2.48. The summed E-state index contributed by atoms with van der Waals surface area (Å²) in [6.45, 7) is 5.52. The van der Waals surface area contributed by atoms with Crippen LogP contribution in [0.2, 0.25) is 0 Å². The fourth-order valence-corrected chi connectivity index (χ4v) is 3.01. The van der Waals surface area contributed by atoms with Crippen LogP contribution in [-0.4, -0.2) is 20.3 Å². The number of thiazole rings is 1. The van der Waals surface area contributed by atoms with Crippen LogP contribution >= 0.6 is 11.3 Å². The molecule has 0 aliphatic heterocycles. The van der Waals surface area contributed by atoms with E-state index in [1.165, 1.54) is 37.3 Å². The van der Waals surface area contributed by atoms with Crippen molar-refractivity contribution in [3.05, 3.63) is 58.1 Å². The summed E-state index contributed by atoms with van der Waals surface area (Å²) >= 11 is 0.951. The van der Waals surface area contributed by atoms with E-state index in [4.69, 9.17) is 0 Å². The molecule has 2 heterocycles. The van der Waals surface area contributed by atoms with Crippen LogP contribution < -0.4 is 0 Å². The lowest BCUT2D eigenvalue weighted by molar-refractivity contribution is -0.140. The molecule has 4 nitrogen and oxygen atoms in total. The summed E-state index contributed by atoms with van der Waals surface area (Å²) < 4.78 is 40.4. The summed E-state index contributed by atoms with van der Waals surface area (Å²) in [4.78, 5) is 19.5. The molecule has 0 radical (unpaired) electrons. The van der Waals surface area contributed by atoms with Crippen molar-refractivity contribution in [2.75, 3.05) is 0 Å². The van der Waals surface area contributed by atoms with Gasteiger partial charge in [0.15, 0.2) is 11.5 Å². The fraction of sp³-hybridized carbons (Fsp3) is 0.278. The van der Waals surface area contributed by atoms with Gasteiger partial charge < -0.3 is 4.57 Å². The van der Waals surface area contributed by atoms with Crippen molar-refractivity contribution in [1.82, 2.24) is 14.5 Å². The van der Waals surface area contributed by atoms with E-state index < -0.39 is 11.9 Å². The molecule has 0 saturated heterocycles. The molecule has 0 fully saturated rings. The van der Waals surface area contributed by atoms with Gasteiger partial charge in [0.1, 0.15) is 5.82 Å². The van der Waals surface area contributed by atoms with Gasteiger partial charge in [-0.3, -0.25) is 4.79 Å². The standard InChI is InChI=1S/C18H18F3N3OS/c1-12(2)24-11-10-22-16(24)9-8-14(25)6-4-5-7-15-17(18(19,20)21)23-13(3)26-15/h4-12H,1-3H3/b6-4+,7-5+,9-8+.